The van der Waals surface area contributed by atoms with Crippen LogP contribution in [-0.4, -0.2) is 0 Å². The van der Waals surface area contributed by atoms with Gasteiger partial charge < -0.3 is 0 Å². The van der Waals surface area contributed by atoms with E-state index in [1.165, 1.54) is 32.7 Å². The van der Waals surface area contributed by atoms with Crippen molar-refractivity contribution in [3.8, 4) is 0 Å². The molecule has 22 heavy (non-hydrogen) atoms. The van der Waals surface area contributed by atoms with E-state index in [4.69, 9.17) is 0 Å². The molecular formula is C22H16. The van der Waals surface area contributed by atoms with Crippen LogP contribution in [0.25, 0.3) is 33.7 Å². The third kappa shape index (κ3) is 2.29. The molecule has 0 aliphatic heterocycles. The predicted molar refractivity (Wildman–Crippen MR) is 96.8 cm³/mol. The van der Waals surface area contributed by atoms with E-state index in [0.717, 1.165) is 0 Å². The maximum Gasteiger partial charge on any atom is -0.00994 e. The quantitative estimate of drug-likeness (QED) is 0.304. The van der Waals surface area contributed by atoms with Crippen molar-refractivity contribution in [2.45, 2.75) is 0 Å². The Balaban J connectivity index is 1.94. The van der Waals surface area contributed by atoms with Crippen LogP contribution in [-0.2, 0) is 0 Å². The Hall–Kier alpha value is -2.86. The Morgan fingerprint density at radius 1 is 0.500 bits per heavy atom. The zero-order valence-corrected chi connectivity index (χ0v) is 12.2. The smallest absolute Gasteiger partial charge is 0.00994 e. The lowest BCUT2D eigenvalue weighted by molar-refractivity contribution is 1.66. The first-order valence-corrected chi connectivity index (χ1v) is 7.55. The van der Waals surface area contributed by atoms with Crippen molar-refractivity contribution < 1.29 is 0 Å². The first kappa shape index (κ1) is 12.8. The van der Waals surface area contributed by atoms with Gasteiger partial charge in [-0.2, -0.15) is 0 Å². The average molecular weight is 280 g/mol. The molecule has 4 rings (SSSR count). The fourth-order valence-corrected chi connectivity index (χ4v) is 2.97. The van der Waals surface area contributed by atoms with Crippen LogP contribution in [0.1, 0.15) is 11.1 Å². The summed E-state index contributed by atoms with van der Waals surface area (Å²) < 4.78 is 0. The molecule has 0 amide bonds. The number of hydrogen-bond donors (Lipinski definition) is 0. The highest BCUT2D eigenvalue weighted by Crippen LogP contribution is 2.29. The molecule has 0 aliphatic rings. The van der Waals surface area contributed by atoms with Gasteiger partial charge in [-0.15, -0.1) is 0 Å². The van der Waals surface area contributed by atoms with Crippen molar-refractivity contribution >= 4 is 33.7 Å². The average Bonchev–Trinajstić information content (AvgIpc) is 2.60. The maximum absolute atomic E-state index is 2.27. The highest BCUT2D eigenvalue weighted by Gasteiger charge is 2.03. The van der Waals surface area contributed by atoms with Crippen LogP contribution < -0.4 is 0 Å². The number of benzene rings is 4. The van der Waals surface area contributed by atoms with Gasteiger partial charge in [-0.1, -0.05) is 91.0 Å². The molecule has 0 aromatic heterocycles. The van der Waals surface area contributed by atoms with Gasteiger partial charge >= 0.3 is 0 Å². The van der Waals surface area contributed by atoms with Gasteiger partial charge in [0.15, 0.2) is 0 Å². The van der Waals surface area contributed by atoms with Crippen LogP contribution in [0, 0.1) is 0 Å². The SMILES string of the molecule is C(=Cc1cc2ccccc2c2ccccc12)c1ccccc1. The molecule has 0 bridgehead atoms. The monoisotopic (exact) mass is 280 g/mol. The van der Waals surface area contributed by atoms with Gasteiger partial charge in [-0.05, 0) is 38.7 Å². The van der Waals surface area contributed by atoms with E-state index in [9.17, 15) is 0 Å². The lowest BCUT2D eigenvalue weighted by Crippen LogP contribution is -1.82. The van der Waals surface area contributed by atoms with Gasteiger partial charge in [0.1, 0.15) is 0 Å². The van der Waals surface area contributed by atoms with Crippen LogP contribution in [0.15, 0.2) is 84.9 Å². The Morgan fingerprint density at radius 2 is 1.14 bits per heavy atom. The van der Waals surface area contributed by atoms with Crippen molar-refractivity contribution in [1.29, 1.82) is 0 Å². The highest BCUT2D eigenvalue weighted by molar-refractivity contribution is 6.11. The molecule has 0 fully saturated rings. The van der Waals surface area contributed by atoms with Crippen LogP contribution in [0.2, 0.25) is 0 Å². The van der Waals surface area contributed by atoms with Gasteiger partial charge in [-0.25, -0.2) is 0 Å². The Labute approximate surface area is 130 Å². The van der Waals surface area contributed by atoms with Crippen LogP contribution in [0.4, 0.5) is 0 Å². The summed E-state index contributed by atoms with van der Waals surface area (Å²) in [5, 5.41) is 5.21. The molecule has 4 aromatic carbocycles. The first-order valence-electron chi connectivity index (χ1n) is 7.55. The third-order valence-electron chi connectivity index (χ3n) is 4.05. The Kier molecular flexibility index (Phi) is 3.21. The minimum absolute atomic E-state index is 1.22. The van der Waals surface area contributed by atoms with Gasteiger partial charge in [0.05, 0.1) is 0 Å². The van der Waals surface area contributed by atoms with Crippen molar-refractivity contribution in [3.63, 3.8) is 0 Å². The molecule has 0 N–H and O–H groups in total. The molecule has 0 saturated carbocycles. The second-order valence-corrected chi connectivity index (χ2v) is 5.48. The van der Waals surface area contributed by atoms with Crippen LogP contribution in [0.5, 0.6) is 0 Å². The molecule has 0 heteroatoms. The van der Waals surface area contributed by atoms with E-state index < -0.39 is 0 Å². The largest absolute Gasteiger partial charge is 0.0622 e. The van der Waals surface area contributed by atoms with E-state index in [-0.39, 0.29) is 0 Å². The fourth-order valence-electron chi connectivity index (χ4n) is 2.97. The molecule has 0 nitrogen and oxygen atoms in total. The molecule has 0 spiro atoms. The summed E-state index contributed by atoms with van der Waals surface area (Å²) in [6, 6.07) is 29.9. The lowest BCUT2D eigenvalue weighted by atomic mass is 9.97. The number of rotatable bonds is 2. The highest BCUT2D eigenvalue weighted by atomic mass is 14.1. The normalized spacial score (nSPS) is 11.5. The molecule has 0 radical (unpaired) electrons. The third-order valence-corrected chi connectivity index (χ3v) is 4.05. The van der Waals surface area contributed by atoms with Crippen molar-refractivity contribution in [3.05, 3.63) is 96.1 Å². The minimum atomic E-state index is 1.22. The van der Waals surface area contributed by atoms with E-state index in [1.807, 2.05) is 6.07 Å². The molecular weight excluding hydrogens is 264 g/mol. The van der Waals surface area contributed by atoms with Crippen LogP contribution >= 0.6 is 0 Å². The van der Waals surface area contributed by atoms with Gasteiger partial charge in [-0.3, -0.25) is 0 Å². The summed E-state index contributed by atoms with van der Waals surface area (Å²) in [6.07, 6.45) is 4.39. The lowest BCUT2D eigenvalue weighted by Gasteiger charge is -2.07. The molecule has 0 heterocycles. The van der Waals surface area contributed by atoms with Crippen molar-refractivity contribution in [2.24, 2.45) is 0 Å². The molecule has 4 aromatic rings. The van der Waals surface area contributed by atoms with Gasteiger partial charge in [0.25, 0.3) is 0 Å². The zero-order chi connectivity index (χ0) is 14.8. The second-order valence-electron chi connectivity index (χ2n) is 5.48. The summed E-state index contributed by atoms with van der Waals surface area (Å²) >= 11 is 0. The summed E-state index contributed by atoms with van der Waals surface area (Å²) in [5.41, 5.74) is 2.48. The second kappa shape index (κ2) is 5.50. The Morgan fingerprint density at radius 3 is 1.95 bits per heavy atom. The van der Waals surface area contributed by atoms with E-state index in [2.05, 4.69) is 91.0 Å². The molecule has 0 unspecified atom stereocenters. The van der Waals surface area contributed by atoms with E-state index >= 15 is 0 Å². The maximum atomic E-state index is 2.27. The zero-order valence-electron chi connectivity index (χ0n) is 12.2. The molecule has 0 atom stereocenters. The standard InChI is InChI=1S/C22H16/c1-2-8-17(9-3-1)14-15-19-16-18-10-4-5-11-20(18)22-13-7-6-12-21(19)22/h1-16H. The Bertz CT molecular complexity index is 963. The van der Waals surface area contributed by atoms with Crippen LogP contribution in [0.3, 0.4) is 0 Å². The number of fused-ring (bicyclic) bond motifs is 3. The molecule has 104 valence electrons. The number of hydrogen-bond acceptors (Lipinski definition) is 0. The van der Waals surface area contributed by atoms with E-state index in [1.54, 1.807) is 0 Å². The summed E-state index contributed by atoms with van der Waals surface area (Å²) in [6.45, 7) is 0. The van der Waals surface area contributed by atoms with Gasteiger partial charge in [0.2, 0.25) is 0 Å². The van der Waals surface area contributed by atoms with Crippen molar-refractivity contribution in [2.75, 3.05) is 0 Å². The molecule has 0 aliphatic carbocycles. The first-order chi connectivity index (χ1) is 10.9. The summed E-state index contributed by atoms with van der Waals surface area (Å²) in [5.74, 6) is 0. The van der Waals surface area contributed by atoms with Gasteiger partial charge in [0, 0.05) is 0 Å². The minimum Gasteiger partial charge on any atom is -0.0622 e. The topological polar surface area (TPSA) is 0 Å². The van der Waals surface area contributed by atoms with Crippen molar-refractivity contribution in [1.82, 2.24) is 0 Å². The predicted octanol–water partition coefficient (Wildman–Crippen LogP) is 6.16. The van der Waals surface area contributed by atoms with E-state index in [0.29, 0.717) is 0 Å². The molecule has 0 saturated heterocycles. The fraction of sp³-hybridized carbons (Fsp3) is 0. The summed E-state index contributed by atoms with van der Waals surface area (Å²) in [7, 11) is 0. The summed E-state index contributed by atoms with van der Waals surface area (Å²) in [4.78, 5) is 0.